The summed E-state index contributed by atoms with van der Waals surface area (Å²) in [6, 6.07) is 0. The van der Waals surface area contributed by atoms with Gasteiger partial charge >= 0.3 is 0 Å². The quantitative estimate of drug-likeness (QED) is 0.585. The summed E-state index contributed by atoms with van der Waals surface area (Å²) >= 11 is 0. The first-order valence-electron chi connectivity index (χ1n) is 9.42. The van der Waals surface area contributed by atoms with E-state index < -0.39 is 0 Å². The normalized spacial score (nSPS) is 20.9. The van der Waals surface area contributed by atoms with Crippen LogP contribution in [0.5, 0.6) is 0 Å². The van der Waals surface area contributed by atoms with Gasteiger partial charge in [0.1, 0.15) is 0 Å². The lowest BCUT2D eigenvalue weighted by atomic mass is 10.0. The monoisotopic (exact) mass is 296 g/mol. The highest BCUT2D eigenvalue weighted by molar-refractivity contribution is 4.71. The molecule has 1 rings (SSSR count). The Morgan fingerprint density at radius 1 is 1.00 bits per heavy atom. The fourth-order valence-electron chi connectivity index (χ4n) is 3.22. The first-order valence-corrected chi connectivity index (χ1v) is 9.42. The highest BCUT2D eigenvalue weighted by Crippen LogP contribution is 2.15. The van der Waals surface area contributed by atoms with Gasteiger partial charge in [0.15, 0.2) is 0 Å². The highest BCUT2D eigenvalue weighted by atomic mass is 15.1. The molecular formula is C19H40N2. The van der Waals surface area contributed by atoms with Crippen molar-refractivity contribution in [3.05, 3.63) is 0 Å². The number of nitrogens with zero attached hydrogens (tertiary/aromatic N) is 2. The van der Waals surface area contributed by atoms with Crippen molar-refractivity contribution in [2.45, 2.75) is 66.7 Å². The van der Waals surface area contributed by atoms with Crippen LogP contribution in [-0.2, 0) is 0 Å². The molecule has 0 amide bonds. The van der Waals surface area contributed by atoms with Crippen LogP contribution >= 0.6 is 0 Å². The molecule has 0 radical (unpaired) electrons. The number of piperidine rings is 1. The van der Waals surface area contributed by atoms with Gasteiger partial charge in [0, 0.05) is 6.54 Å². The lowest BCUT2D eigenvalue weighted by molar-refractivity contribution is 0.166. The zero-order valence-corrected chi connectivity index (χ0v) is 15.4. The van der Waals surface area contributed by atoms with Crippen LogP contribution in [-0.4, -0.2) is 49.1 Å². The van der Waals surface area contributed by atoms with Crippen LogP contribution < -0.4 is 0 Å². The van der Waals surface area contributed by atoms with E-state index in [0.717, 1.165) is 17.8 Å². The van der Waals surface area contributed by atoms with Crippen LogP contribution in [0.25, 0.3) is 0 Å². The average Bonchev–Trinajstić information content (AvgIpc) is 2.41. The van der Waals surface area contributed by atoms with Crippen molar-refractivity contribution >= 4 is 0 Å². The second kappa shape index (κ2) is 10.6. The van der Waals surface area contributed by atoms with Crippen LogP contribution in [0.3, 0.4) is 0 Å². The van der Waals surface area contributed by atoms with Crippen molar-refractivity contribution in [3.8, 4) is 0 Å². The van der Waals surface area contributed by atoms with Crippen molar-refractivity contribution in [3.63, 3.8) is 0 Å². The lowest BCUT2D eigenvalue weighted by Gasteiger charge is -2.32. The Hall–Kier alpha value is -0.0800. The van der Waals surface area contributed by atoms with Gasteiger partial charge in [-0.25, -0.2) is 0 Å². The molecule has 1 saturated heterocycles. The van der Waals surface area contributed by atoms with E-state index in [2.05, 4.69) is 44.4 Å². The number of hydrogen-bond donors (Lipinski definition) is 0. The molecule has 126 valence electrons. The molecule has 0 aliphatic carbocycles. The number of likely N-dealkylation sites (tertiary alicyclic amines) is 1. The fourth-order valence-corrected chi connectivity index (χ4v) is 3.22. The zero-order valence-electron chi connectivity index (χ0n) is 15.4. The molecule has 0 N–H and O–H groups in total. The third kappa shape index (κ3) is 9.52. The summed E-state index contributed by atoms with van der Waals surface area (Å²) in [6.45, 7) is 19.6. The summed E-state index contributed by atoms with van der Waals surface area (Å²) in [6.07, 6.45) is 6.89. The second-order valence-corrected chi connectivity index (χ2v) is 8.11. The summed E-state index contributed by atoms with van der Waals surface area (Å²) in [7, 11) is 0. The van der Waals surface area contributed by atoms with E-state index in [0.29, 0.717) is 0 Å². The molecule has 1 unspecified atom stereocenters. The van der Waals surface area contributed by atoms with Crippen molar-refractivity contribution < 1.29 is 0 Å². The minimum absolute atomic E-state index is 0.828. The summed E-state index contributed by atoms with van der Waals surface area (Å²) < 4.78 is 0. The van der Waals surface area contributed by atoms with E-state index in [-0.39, 0.29) is 0 Å². The molecule has 0 aromatic heterocycles. The highest BCUT2D eigenvalue weighted by Gasteiger charge is 2.16. The maximum Gasteiger partial charge on any atom is 0.000703 e. The first kappa shape index (κ1) is 19.0. The second-order valence-electron chi connectivity index (χ2n) is 8.11. The van der Waals surface area contributed by atoms with Crippen LogP contribution in [0.4, 0.5) is 0 Å². The Balaban J connectivity index is 2.23. The third-order valence-corrected chi connectivity index (χ3v) is 4.74. The molecule has 1 aliphatic rings. The van der Waals surface area contributed by atoms with Gasteiger partial charge in [-0.05, 0) is 82.6 Å². The Kier molecular flexibility index (Phi) is 9.59. The fraction of sp³-hybridized carbons (Fsp3) is 1.00. The maximum atomic E-state index is 2.72. The van der Waals surface area contributed by atoms with Gasteiger partial charge < -0.3 is 9.80 Å². The molecule has 1 atom stereocenters. The molecule has 2 nitrogen and oxygen atoms in total. The molecule has 0 aromatic carbocycles. The summed E-state index contributed by atoms with van der Waals surface area (Å²) in [5.74, 6) is 2.57. The van der Waals surface area contributed by atoms with Gasteiger partial charge in [-0.15, -0.1) is 0 Å². The summed E-state index contributed by atoms with van der Waals surface area (Å²) in [5.41, 5.74) is 0. The van der Waals surface area contributed by atoms with Crippen molar-refractivity contribution in [2.75, 3.05) is 39.3 Å². The van der Waals surface area contributed by atoms with Crippen molar-refractivity contribution in [2.24, 2.45) is 17.8 Å². The molecule has 0 aromatic rings. The van der Waals surface area contributed by atoms with Crippen LogP contribution in [0.1, 0.15) is 66.7 Å². The molecule has 0 saturated carbocycles. The molecule has 0 bridgehead atoms. The molecule has 21 heavy (non-hydrogen) atoms. The maximum absolute atomic E-state index is 2.72. The van der Waals surface area contributed by atoms with Crippen molar-refractivity contribution in [1.82, 2.24) is 9.80 Å². The van der Waals surface area contributed by atoms with Gasteiger partial charge in [0.05, 0.1) is 0 Å². The Labute approximate surface area is 134 Å². The predicted molar refractivity (Wildman–Crippen MR) is 94.8 cm³/mol. The van der Waals surface area contributed by atoms with E-state index in [1.807, 2.05) is 0 Å². The number of hydrogen-bond acceptors (Lipinski definition) is 2. The van der Waals surface area contributed by atoms with Gasteiger partial charge in [-0.1, -0.05) is 34.6 Å². The average molecular weight is 297 g/mol. The minimum Gasteiger partial charge on any atom is -0.303 e. The summed E-state index contributed by atoms with van der Waals surface area (Å²) in [5, 5.41) is 0. The Bertz CT molecular complexity index is 238. The lowest BCUT2D eigenvalue weighted by Crippen LogP contribution is -2.37. The molecule has 0 spiro atoms. The van der Waals surface area contributed by atoms with Crippen LogP contribution in [0.2, 0.25) is 0 Å². The minimum atomic E-state index is 0.828. The Morgan fingerprint density at radius 2 is 1.62 bits per heavy atom. The SMILES string of the molecule is CC(C)CCN(CCCN1CCCC(C)C1)CCC(C)C. The van der Waals surface area contributed by atoms with Crippen molar-refractivity contribution in [1.29, 1.82) is 0 Å². The topological polar surface area (TPSA) is 6.48 Å². The van der Waals surface area contributed by atoms with Gasteiger partial charge in [-0.2, -0.15) is 0 Å². The third-order valence-electron chi connectivity index (χ3n) is 4.74. The predicted octanol–water partition coefficient (Wildman–Crippen LogP) is 4.50. The molecule has 1 aliphatic heterocycles. The van der Waals surface area contributed by atoms with E-state index >= 15 is 0 Å². The zero-order chi connectivity index (χ0) is 15.7. The van der Waals surface area contributed by atoms with Crippen LogP contribution in [0, 0.1) is 17.8 Å². The van der Waals surface area contributed by atoms with Gasteiger partial charge in [0.2, 0.25) is 0 Å². The van der Waals surface area contributed by atoms with E-state index in [9.17, 15) is 0 Å². The molecule has 1 heterocycles. The molecule has 2 heteroatoms. The van der Waals surface area contributed by atoms with E-state index in [4.69, 9.17) is 0 Å². The van der Waals surface area contributed by atoms with Gasteiger partial charge in [0.25, 0.3) is 0 Å². The van der Waals surface area contributed by atoms with Crippen LogP contribution in [0.15, 0.2) is 0 Å². The van der Waals surface area contributed by atoms with E-state index in [1.165, 1.54) is 71.4 Å². The smallest absolute Gasteiger partial charge is 0.000703 e. The molecule has 1 fully saturated rings. The first-order chi connectivity index (χ1) is 9.97. The number of rotatable bonds is 10. The van der Waals surface area contributed by atoms with E-state index in [1.54, 1.807) is 0 Å². The standard InChI is InChI=1S/C19H40N2/c1-17(2)9-14-20(15-10-18(3)4)12-7-13-21-11-6-8-19(5)16-21/h17-19H,6-16H2,1-5H3. The molecular weight excluding hydrogens is 256 g/mol. The Morgan fingerprint density at radius 3 is 2.14 bits per heavy atom. The van der Waals surface area contributed by atoms with Gasteiger partial charge in [-0.3, -0.25) is 0 Å². The summed E-state index contributed by atoms with van der Waals surface area (Å²) in [4.78, 5) is 5.41. The largest absolute Gasteiger partial charge is 0.303 e.